The predicted molar refractivity (Wildman–Crippen MR) is 64.0 cm³/mol. The number of anilines is 1. The van der Waals surface area contributed by atoms with Crippen molar-refractivity contribution in [2.75, 3.05) is 11.9 Å². The van der Waals surface area contributed by atoms with Crippen LogP contribution in [0.15, 0.2) is 6.07 Å². The highest BCUT2D eigenvalue weighted by Crippen LogP contribution is 2.13. The molecular formula is C11H20N4O. The monoisotopic (exact) mass is 224 g/mol. The van der Waals surface area contributed by atoms with Crippen molar-refractivity contribution in [3.8, 4) is 0 Å². The molecule has 1 atom stereocenters. The largest absolute Gasteiger partial charge is 0.330 e. The van der Waals surface area contributed by atoms with Crippen molar-refractivity contribution in [1.82, 2.24) is 10.2 Å². The number of aromatic nitrogens is 2. The maximum absolute atomic E-state index is 11.8. The Morgan fingerprint density at radius 1 is 1.62 bits per heavy atom. The maximum atomic E-state index is 11.8. The van der Waals surface area contributed by atoms with Crippen molar-refractivity contribution in [3.63, 3.8) is 0 Å². The van der Waals surface area contributed by atoms with E-state index in [1.165, 1.54) is 0 Å². The summed E-state index contributed by atoms with van der Waals surface area (Å²) in [4.78, 5) is 11.8. The Labute approximate surface area is 95.8 Å². The van der Waals surface area contributed by atoms with Gasteiger partial charge < -0.3 is 11.1 Å². The van der Waals surface area contributed by atoms with Crippen LogP contribution in [0.25, 0.3) is 0 Å². The number of nitrogens with zero attached hydrogens (tertiary/aromatic N) is 1. The number of hydrogen-bond donors (Lipinski definition) is 3. The summed E-state index contributed by atoms with van der Waals surface area (Å²) in [6.45, 7) is 6.35. The second-order valence-electron chi connectivity index (χ2n) is 4.21. The van der Waals surface area contributed by atoms with Crippen molar-refractivity contribution in [2.24, 2.45) is 17.6 Å². The summed E-state index contributed by atoms with van der Waals surface area (Å²) in [5.74, 6) is 0.573. The lowest BCUT2D eigenvalue weighted by molar-refractivity contribution is -0.120. The quantitative estimate of drug-likeness (QED) is 0.701. The Morgan fingerprint density at radius 2 is 2.31 bits per heavy atom. The SMILES string of the molecule is CCc1cc(NC(=O)C(CN)C(C)C)n[nH]1. The summed E-state index contributed by atoms with van der Waals surface area (Å²) in [5, 5.41) is 9.62. The molecule has 0 aliphatic heterocycles. The maximum Gasteiger partial charge on any atom is 0.230 e. The predicted octanol–water partition coefficient (Wildman–Crippen LogP) is 1.14. The van der Waals surface area contributed by atoms with Gasteiger partial charge in [0, 0.05) is 18.3 Å². The summed E-state index contributed by atoms with van der Waals surface area (Å²) in [6, 6.07) is 1.84. The highest BCUT2D eigenvalue weighted by atomic mass is 16.2. The molecule has 0 aromatic carbocycles. The van der Waals surface area contributed by atoms with Crippen LogP contribution in [0.5, 0.6) is 0 Å². The number of carbonyl (C=O) groups excluding carboxylic acids is 1. The smallest absolute Gasteiger partial charge is 0.230 e. The number of H-pyrrole nitrogens is 1. The van der Waals surface area contributed by atoms with Crippen molar-refractivity contribution in [1.29, 1.82) is 0 Å². The molecule has 5 heteroatoms. The van der Waals surface area contributed by atoms with Gasteiger partial charge in [-0.25, -0.2) is 0 Å². The van der Waals surface area contributed by atoms with E-state index in [2.05, 4.69) is 15.5 Å². The molecule has 4 N–H and O–H groups in total. The summed E-state index contributed by atoms with van der Waals surface area (Å²) < 4.78 is 0. The molecule has 0 fully saturated rings. The molecular weight excluding hydrogens is 204 g/mol. The molecule has 1 heterocycles. The first-order chi connectivity index (χ1) is 7.58. The molecule has 0 bridgehead atoms. The van der Waals surface area contributed by atoms with Gasteiger partial charge in [-0.1, -0.05) is 20.8 Å². The zero-order chi connectivity index (χ0) is 12.1. The first kappa shape index (κ1) is 12.7. The number of carbonyl (C=O) groups is 1. The lowest BCUT2D eigenvalue weighted by Crippen LogP contribution is -2.33. The molecule has 1 aromatic heterocycles. The van der Waals surface area contributed by atoms with Crippen LogP contribution in [0.3, 0.4) is 0 Å². The van der Waals surface area contributed by atoms with Crippen LogP contribution in [0, 0.1) is 11.8 Å². The van der Waals surface area contributed by atoms with Crippen LogP contribution in [0.4, 0.5) is 5.82 Å². The summed E-state index contributed by atoms with van der Waals surface area (Å²) in [5.41, 5.74) is 6.57. The van der Waals surface area contributed by atoms with E-state index in [1.807, 2.05) is 26.8 Å². The molecule has 1 rings (SSSR count). The van der Waals surface area contributed by atoms with Gasteiger partial charge in [0.15, 0.2) is 5.82 Å². The fraction of sp³-hybridized carbons (Fsp3) is 0.636. The van der Waals surface area contributed by atoms with Gasteiger partial charge in [0.25, 0.3) is 0 Å². The Balaban J connectivity index is 2.62. The summed E-state index contributed by atoms with van der Waals surface area (Å²) in [7, 11) is 0. The third-order valence-electron chi connectivity index (χ3n) is 2.66. The number of amides is 1. The Kier molecular flexibility index (Phi) is 4.49. The van der Waals surface area contributed by atoms with Crippen molar-refractivity contribution < 1.29 is 4.79 Å². The molecule has 0 saturated carbocycles. The van der Waals surface area contributed by atoms with Crippen LogP contribution in [0.1, 0.15) is 26.5 Å². The molecule has 1 unspecified atom stereocenters. The third-order valence-corrected chi connectivity index (χ3v) is 2.66. The van der Waals surface area contributed by atoms with Crippen LogP contribution in [-0.2, 0) is 11.2 Å². The minimum atomic E-state index is -0.165. The molecule has 0 radical (unpaired) electrons. The lowest BCUT2D eigenvalue weighted by atomic mass is 9.95. The zero-order valence-corrected chi connectivity index (χ0v) is 10.1. The van der Waals surface area contributed by atoms with Gasteiger partial charge in [0.05, 0.1) is 5.92 Å². The Bertz CT molecular complexity index is 346. The Hall–Kier alpha value is -1.36. The minimum Gasteiger partial charge on any atom is -0.330 e. The van der Waals surface area contributed by atoms with Gasteiger partial charge in [-0.3, -0.25) is 9.89 Å². The summed E-state index contributed by atoms with van der Waals surface area (Å²) in [6.07, 6.45) is 0.868. The lowest BCUT2D eigenvalue weighted by Gasteiger charge is -2.17. The summed E-state index contributed by atoms with van der Waals surface area (Å²) >= 11 is 0. The second kappa shape index (κ2) is 5.65. The standard InChI is InChI=1S/C11H20N4O/c1-4-8-5-10(15-14-8)13-11(16)9(6-12)7(2)3/h5,7,9H,4,6,12H2,1-3H3,(H2,13,14,15,16). The molecule has 0 aliphatic rings. The van der Waals surface area contributed by atoms with Crippen LogP contribution in [-0.4, -0.2) is 22.6 Å². The Morgan fingerprint density at radius 3 is 2.75 bits per heavy atom. The van der Waals surface area contributed by atoms with Gasteiger partial charge in [-0.15, -0.1) is 0 Å². The van der Waals surface area contributed by atoms with Crippen LogP contribution < -0.4 is 11.1 Å². The number of hydrogen-bond acceptors (Lipinski definition) is 3. The normalized spacial score (nSPS) is 12.8. The molecule has 90 valence electrons. The third kappa shape index (κ3) is 3.06. The van der Waals surface area contributed by atoms with E-state index in [-0.39, 0.29) is 17.7 Å². The molecule has 0 saturated heterocycles. The van der Waals surface area contributed by atoms with E-state index in [4.69, 9.17) is 5.73 Å². The molecule has 0 aliphatic carbocycles. The topological polar surface area (TPSA) is 83.8 Å². The van der Waals surface area contributed by atoms with E-state index >= 15 is 0 Å². The van der Waals surface area contributed by atoms with Crippen molar-refractivity contribution in [2.45, 2.75) is 27.2 Å². The van der Waals surface area contributed by atoms with Gasteiger partial charge in [-0.05, 0) is 12.3 Å². The average Bonchev–Trinajstić information content (AvgIpc) is 2.65. The van der Waals surface area contributed by atoms with Gasteiger partial charge in [-0.2, -0.15) is 5.10 Å². The molecule has 1 amide bonds. The van der Waals surface area contributed by atoms with E-state index in [0.29, 0.717) is 12.4 Å². The fourth-order valence-electron chi connectivity index (χ4n) is 1.51. The van der Waals surface area contributed by atoms with E-state index in [1.54, 1.807) is 0 Å². The zero-order valence-electron chi connectivity index (χ0n) is 10.1. The molecule has 5 nitrogen and oxygen atoms in total. The van der Waals surface area contributed by atoms with Gasteiger partial charge in [0.1, 0.15) is 0 Å². The van der Waals surface area contributed by atoms with Crippen LogP contribution in [0.2, 0.25) is 0 Å². The van der Waals surface area contributed by atoms with Crippen molar-refractivity contribution >= 4 is 11.7 Å². The average molecular weight is 224 g/mol. The number of aromatic amines is 1. The first-order valence-corrected chi connectivity index (χ1v) is 5.63. The van der Waals surface area contributed by atoms with Gasteiger partial charge >= 0.3 is 0 Å². The van der Waals surface area contributed by atoms with Crippen molar-refractivity contribution in [3.05, 3.63) is 11.8 Å². The molecule has 16 heavy (non-hydrogen) atoms. The van der Waals surface area contributed by atoms with Crippen LogP contribution >= 0.6 is 0 Å². The number of aryl methyl sites for hydroxylation is 1. The molecule has 0 spiro atoms. The molecule has 1 aromatic rings. The number of rotatable bonds is 5. The number of nitrogens with one attached hydrogen (secondary N) is 2. The van der Waals surface area contributed by atoms with E-state index in [0.717, 1.165) is 12.1 Å². The highest BCUT2D eigenvalue weighted by Gasteiger charge is 2.21. The second-order valence-corrected chi connectivity index (χ2v) is 4.21. The van der Waals surface area contributed by atoms with E-state index in [9.17, 15) is 4.79 Å². The fourth-order valence-corrected chi connectivity index (χ4v) is 1.51. The minimum absolute atomic E-state index is 0.0633. The van der Waals surface area contributed by atoms with Gasteiger partial charge in [0.2, 0.25) is 5.91 Å². The highest BCUT2D eigenvalue weighted by molar-refractivity contribution is 5.92. The first-order valence-electron chi connectivity index (χ1n) is 5.63. The van der Waals surface area contributed by atoms with E-state index < -0.39 is 0 Å². The number of nitrogens with two attached hydrogens (primary N) is 1.